The second-order valence-corrected chi connectivity index (χ2v) is 5.90. The summed E-state index contributed by atoms with van der Waals surface area (Å²) in [6.45, 7) is 2.31. The van der Waals surface area contributed by atoms with Crippen LogP contribution in [0.4, 0.5) is 0 Å². The average molecular weight is 328 g/mol. The molecule has 0 N–H and O–H groups in total. The predicted molar refractivity (Wildman–Crippen MR) is 75.1 cm³/mol. The third-order valence-corrected chi connectivity index (χ3v) is 4.30. The van der Waals surface area contributed by atoms with Crippen LogP contribution < -0.4 is 0 Å². The zero-order chi connectivity index (χ0) is 13.5. The van der Waals surface area contributed by atoms with Crippen LogP contribution in [0.5, 0.6) is 0 Å². The number of nitriles is 1. The molecule has 1 aromatic heterocycles. The van der Waals surface area contributed by atoms with Crippen molar-refractivity contribution in [2.45, 2.75) is 23.6 Å². The number of carbonyl (C=O) groups is 1. The molecule has 0 fully saturated rings. The fraction of sp³-hybridized carbons (Fsp3) is 0.417. The predicted octanol–water partition coefficient (Wildman–Crippen LogP) is 2.70. The third kappa shape index (κ3) is 4.31. The van der Waals surface area contributed by atoms with Crippen molar-refractivity contribution in [3.8, 4) is 6.07 Å². The topological polar surface area (TPSA) is 57.0 Å². The molecule has 1 aromatic rings. The Balaban J connectivity index is 2.60. The maximum Gasteiger partial charge on any atom is 0.235 e. The van der Waals surface area contributed by atoms with Crippen LogP contribution in [-0.2, 0) is 4.79 Å². The molecule has 0 aromatic carbocycles. The van der Waals surface area contributed by atoms with Gasteiger partial charge < -0.3 is 4.90 Å². The van der Waals surface area contributed by atoms with E-state index in [9.17, 15) is 4.79 Å². The number of nitrogens with zero attached hydrogens (tertiary/aromatic N) is 3. The molecule has 18 heavy (non-hydrogen) atoms. The monoisotopic (exact) mass is 327 g/mol. The highest BCUT2D eigenvalue weighted by Gasteiger charge is 2.19. The van der Waals surface area contributed by atoms with Gasteiger partial charge in [-0.2, -0.15) is 5.26 Å². The number of carbonyl (C=O) groups excluding carboxylic acids is 1. The molecule has 0 aliphatic rings. The Bertz CT molecular complexity index is 461. The number of rotatable bonds is 5. The molecular weight excluding hydrogens is 314 g/mol. The maximum atomic E-state index is 12.0. The van der Waals surface area contributed by atoms with E-state index in [0.717, 1.165) is 9.50 Å². The van der Waals surface area contributed by atoms with Crippen molar-refractivity contribution in [2.24, 2.45) is 0 Å². The van der Waals surface area contributed by atoms with E-state index in [4.69, 9.17) is 5.26 Å². The van der Waals surface area contributed by atoms with Gasteiger partial charge in [0.2, 0.25) is 5.91 Å². The lowest BCUT2D eigenvalue weighted by molar-refractivity contribution is -0.128. The van der Waals surface area contributed by atoms with Crippen LogP contribution in [0.3, 0.4) is 0 Å². The third-order valence-electron chi connectivity index (χ3n) is 2.30. The highest BCUT2D eigenvalue weighted by Crippen LogP contribution is 2.28. The standard InChI is InChI=1S/C12H14BrN3OS/c1-9(12(17)16(2)8-4-6-14)18-11-10(13)5-3-7-15-11/h3,5,7,9H,4,8H2,1-2H3. The van der Waals surface area contributed by atoms with Crippen molar-refractivity contribution in [2.75, 3.05) is 13.6 Å². The van der Waals surface area contributed by atoms with E-state index in [2.05, 4.69) is 20.9 Å². The lowest BCUT2D eigenvalue weighted by Gasteiger charge is -2.19. The van der Waals surface area contributed by atoms with Crippen molar-refractivity contribution in [1.82, 2.24) is 9.88 Å². The van der Waals surface area contributed by atoms with Gasteiger partial charge in [-0.15, -0.1) is 0 Å². The molecule has 0 aliphatic heterocycles. The van der Waals surface area contributed by atoms with Crippen LogP contribution in [0.2, 0.25) is 0 Å². The van der Waals surface area contributed by atoms with Gasteiger partial charge in [-0.25, -0.2) is 4.98 Å². The number of aromatic nitrogens is 1. The summed E-state index contributed by atoms with van der Waals surface area (Å²) < 4.78 is 0.884. The molecule has 96 valence electrons. The first-order chi connectivity index (χ1) is 8.56. The number of amides is 1. The van der Waals surface area contributed by atoms with Gasteiger partial charge in [0.05, 0.1) is 17.7 Å². The van der Waals surface area contributed by atoms with Crippen LogP contribution in [-0.4, -0.2) is 34.6 Å². The van der Waals surface area contributed by atoms with E-state index < -0.39 is 0 Å². The largest absolute Gasteiger partial charge is 0.344 e. The molecule has 1 heterocycles. The van der Waals surface area contributed by atoms with E-state index in [-0.39, 0.29) is 11.2 Å². The average Bonchev–Trinajstić information content (AvgIpc) is 2.37. The second kappa shape index (κ2) is 7.39. The van der Waals surface area contributed by atoms with Gasteiger partial charge in [0, 0.05) is 24.3 Å². The molecule has 4 nitrogen and oxygen atoms in total. The number of pyridine rings is 1. The fourth-order valence-electron chi connectivity index (χ4n) is 1.31. The molecule has 0 saturated heterocycles. The molecule has 0 bridgehead atoms. The molecule has 1 atom stereocenters. The summed E-state index contributed by atoms with van der Waals surface area (Å²) in [6.07, 6.45) is 2.05. The minimum atomic E-state index is -0.222. The van der Waals surface area contributed by atoms with Crippen molar-refractivity contribution in [1.29, 1.82) is 5.26 Å². The quantitative estimate of drug-likeness (QED) is 0.780. The van der Waals surface area contributed by atoms with Gasteiger partial charge in [-0.05, 0) is 35.0 Å². The van der Waals surface area contributed by atoms with Crippen molar-refractivity contribution < 1.29 is 4.79 Å². The Labute approximate surface area is 120 Å². The summed E-state index contributed by atoms with van der Waals surface area (Å²) in [5, 5.41) is 9.07. The van der Waals surface area contributed by atoms with Gasteiger partial charge in [-0.1, -0.05) is 11.8 Å². The first kappa shape index (κ1) is 15.0. The molecule has 6 heteroatoms. The Morgan fingerprint density at radius 1 is 1.72 bits per heavy atom. The zero-order valence-corrected chi connectivity index (χ0v) is 12.7. The summed E-state index contributed by atoms with van der Waals surface area (Å²) in [5.41, 5.74) is 0. The normalized spacial score (nSPS) is 11.7. The van der Waals surface area contributed by atoms with Crippen molar-refractivity contribution in [3.63, 3.8) is 0 Å². The highest BCUT2D eigenvalue weighted by molar-refractivity contribution is 9.10. The second-order valence-electron chi connectivity index (χ2n) is 3.72. The molecule has 0 radical (unpaired) electrons. The van der Waals surface area contributed by atoms with Gasteiger partial charge in [0.25, 0.3) is 0 Å². The number of thioether (sulfide) groups is 1. The highest BCUT2D eigenvalue weighted by atomic mass is 79.9. The van der Waals surface area contributed by atoms with Gasteiger partial charge in [0.1, 0.15) is 5.03 Å². The van der Waals surface area contributed by atoms with Gasteiger partial charge in [-0.3, -0.25) is 4.79 Å². The fourth-order valence-corrected chi connectivity index (χ4v) is 2.77. The summed E-state index contributed by atoms with van der Waals surface area (Å²) >= 11 is 4.81. The summed E-state index contributed by atoms with van der Waals surface area (Å²) in [4.78, 5) is 17.8. The molecule has 0 spiro atoms. The summed E-state index contributed by atoms with van der Waals surface area (Å²) in [6, 6.07) is 5.76. The molecule has 1 amide bonds. The first-order valence-corrected chi connectivity index (χ1v) is 7.12. The van der Waals surface area contributed by atoms with Crippen molar-refractivity contribution >= 4 is 33.6 Å². The van der Waals surface area contributed by atoms with E-state index in [0.29, 0.717) is 13.0 Å². The number of hydrogen-bond donors (Lipinski definition) is 0. The number of halogens is 1. The smallest absolute Gasteiger partial charge is 0.235 e. The van der Waals surface area contributed by atoms with Gasteiger partial charge >= 0.3 is 0 Å². The number of hydrogen-bond acceptors (Lipinski definition) is 4. The summed E-state index contributed by atoms with van der Waals surface area (Å²) in [7, 11) is 1.71. The lowest BCUT2D eigenvalue weighted by Crippen LogP contribution is -2.33. The Hall–Kier alpha value is -1.06. The molecule has 0 aliphatic carbocycles. The Morgan fingerprint density at radius 2 is 2.44 bits per heavy atom. The SMILES string of the molecule is CC(Sc1ncccc1Br)C(=O)N(C)CCC#N. The van der Waals surface area contributed by atoms with E-state index in [1.54, 1.807) is 18.1 Å². The van der Waals surface area contributed by atoms with Crippen LogP contribution in [0.25, 0.3) is 0 Å². The molecule has 0 saturated carbocycles. The first-order valence-electron chi connectivity index (χ1n) is 5.45. The molecule has 1 rings (SSSR count). The van der Waals surface area contributed by atoms with E-state index in [1.807, 2.05) is 25.1 Å². The zero-order valence-electron chi connectivity index (χ0n) is 10.3. The maximum absolute atomic E-state index is 12.0. The van der Waals surface area contributed by atoms with Crippen LogP contribution in [0.15, 0.2) is 27.8 Å². The van der Waals surface area contributed by atoms with E-state index >= 15 is 0 Å². The van der Waals surface area contributed by atoms with Crippen LogP contribution in [0.1, 0.15) is 13.3 Å². The van der Waals surface area contributed by atoms with Crippen molar-refractivity contribution in [3.05, 3.63) is 22.8 Å². The van der Waals surface area contributed by atoms with Crippen LogP contribution >= 0.6 is 27.7 Å². The van der Waals surface area contributed by atoms with Crippen LogP contribution in [0, 0.1) is 11.3 Å². The molecule has 1 unspecified atom stereocenters. The Morgan fingerprint density at radius 3 is 3.06 bits per heavy atom. The molecular formula is C12H14BrN3OS. The Kier molecular flexibility index (Phi) is 6.16. The summed E-state index contributed by atoms with van der Waals surface area (Å²) in [5.74, 6) is 0.00723. The minimum Gasteiger partial charge on any atom is -0.344 e. The van der Waals surface area contributed by atoms with Gasteiger partial charge in [0.15, 0.2) is 0 Å². The lowest BCUT2D eigenvalue weighted by atomic mass is 10.3. The minimum absolute atomic E-state index is 0.00723. The van der Waals surface area contributed by atoms with E-state index in [1.165, 1.54) is 11.8 Å².